The number of rotatable bonds is 5. The number of nitro groups is 1. The van der Waals surface area contributed by atoms with E-state index in [-0.39, 0.29) is 11.4 Å². The van der Waals surface area contributed by atoms with Crippen molar-refractivity contribution in [2.45, 2.75) is 20.8 Å². The molecule has 2 rings (SSSR count). The van der Waals surface area contributed by atoms with Crippen molar-refractivity contribution in [2.24, 2.45) is 0 Å². The van der Waals surface area contributed by atoms with Crippen LogP contribution in [0.25, 0.3) is 0 Å². The molecule has 2 aromatic carbocycles. The standard InChI is InChI=1S/C19H19N3O5/c1-12-4-7-15(8-5-12)19(24)21-27-18(23)11-14(3)20-16-9-6-13(2)10-17(16)22(25)26/h4-11,20H,1-3H3,(H,21,24)/b14-11-. The van der Waals surface area contributed by atoms with Gasteiger partial charge in [-0.25, -0.2) is 4.79 Å². The smallest absolute Gasteiger partial charge is 0.353 e. The molecule has 0 atom stereocenters. The van der Waals surface area contributed by atoms with Gasteiger partial charge in [0.2, 0.25) is 0 Å². The van der Waals surface area contributed by atoms with E-state index < -0.39 is 16.8 Å². The Labute approximate surface area is 155 Å². The van der Waals surface area contributed by atoms with Crippen molar-refractivity contribution >= 4 is 23.3 Å². The molecule has 1 amide bonds. The van der Waals surface area contributed by atoms with Crippen LogP contribution in [-0.4, -0.2) is 16.8 Å². The van der Waals surface area contributed by atoms with E-state index in [2.05, 4.69) is 10.8 Å². The quantitative estimate of drug-likeness (QED) is 0.475. The molecule has 0 heterocycles. The highest BCUT2D eigenvalue weighted by Gasteiger charge is 2.14. The first kappa shape index (κ1) is 19.6. The topological polar surface area (TPSA) is 111 Å². The summed E-state index contributed by atoms with van der Waals surface area (Å²) < 4.78 is 0. The van der Waals surface area contributed by atoms with Gasteiger partial charge in [-0.2, -0.15) is 5.48 Å². The van der Waals surface area contributed by atoms with Gasteiger partial charge in [0.1, 0.15) is 5.69 Å². The van der Waals surface area contributed by atoms with Crippen LogP contribution in [0.4, 0.5) is 11.4 Å². The first-order valence-corrected chi connectivity index (χ1v) is 8.04. The van der Waals surface area contributed by atoms with Crippen LogP contribution < -0.4 is 10.8 Å². The summed E-state index contributed by atoms with van der Waals surface area (Å²) in [6.07, 6.45) is 1.08. The average Bonchev–Trinajstić information content (AvgIpc) is 2.61. The molecule has 0 spiro atoms. The Morgan fingerprint density at radius 3 is 2.33 bits per heavy atom. The number of aryl methyl sites for hydroxylation is 2. The summed E-state index contributed by atoms with van der Waals surface area (Å²) in [5.41, 5.74) is 4.60. The lowest BCUT2D eigenvalue weighted by atomic mass is 10.1. The van der Waals surface area contributed by atoms with Crippen molar-refractivity contribution < 1.29 is 19.3 Å². The summed E-state index contributed by atoms with van der Waals surface area (Å²) >= 11 is 0. The van der Waals surface area contributed by atoms with Crippen LogP contribution in [0.2, 0.25) is 0 Å². The maximum Gasteiger partial charge on any atom is 0.357 e. The van der Waals surface area contributed by atoms with Gasteiger partial charge in [-0.1, -0.05) is 23.8 Å². The minimum absolute atomic E-state index is 0.108. The fraction of sp³-hybridized carbons (Fsp3) is 0.158. The third-order valence-corrected chi connectivity index (χ3v) is 3.57. The van der Waals surface area contributed by atoms with E-state index in [1.807, 2.05) is 6.92 Å². The van der Waals surface area contributed by atoms with Crippen molar-refractivity contribution in [2.75, 3.05) is 5.32 Å². The second-order valence-electron chi connectivity index (χ2n) is 5.95. The van der Waals surface area contributed by atoms with E-state index >= 15 is 0 Å². The predicted octanol–water partition coefficient (Wildman–Crippen LogP) is 3.42. The number of hydrogen-bond acceptors (Lipinski definition) is 6. The number of amides is 1. The molecule has 0 saturated carbocycles. The number of nitrogens with one attached hydrogen (secondary N) is 2. The van der Waals surface area contributed by atoms with E-state index in [1.165, 1.54) is 6.07 Å². The predicted molar refractivity (Wildman–Crippen MR) is 100.0 cm³/mol. The molecule has 8 nitrogen and oxygen atoms in total. The number of anilines is 1. The molecule has 27 heavy (non-hydrogen) atoms. The Kier molecular flexibility index (Phi) is 6.27. The molecular weight excluding hydrogens is 350 g/mol. The molecule has 0 aliphatic heterocycles. The Morgan fingerprint density at radius 2 is 1.70 bits per heavy atom. The van der Waals surface area contributed by atoms with Crippen LogP contribution in [0.5, 0.6) is 0 Å². The van der Waals surface area contributed by atoms with Gasteiger partial charge >= 0.3 is 5.97 Å². The zero-order chi connectivity index (χ0) is 20.0. The third-order valence-electron chi connectivity index (χ3n) is 3.57. The lowest BCUT2D eigenvalue weighted by molar-refractivity contribution is -0.384. The Balaban J connectivity index is 1.97. The number of nitrogens with zero attached hydrogens (tertiary/aromatic N) is 1. The van der Waals surface area contributed by atoms with Crippen molar-refractivity contribution in [3.63, 3.8) is 0 Å². The van der Waals surface area contributed by atoms with Gasteiger partial charge < -0.3 is 10.2 Å². The summed E-state index contributed by atoms with van der Waals surface area (Å²) in [6.45, 7) is 5.18. The zero-order valence-corrected chi connectivity index (χ0v) is 15.1. The second kappa shape index (κ2) is 8.61. The maximum atomic E-state index is 11.9. The first-order valence-electron chi connectivity index (χ1n) is 8.04. The molecule has 0 unspecified atom stereocenters. The minimum Gasteiger partial charge on any atom is -0.353 e. The van der Waals surface area contributed by atoms with E-state index in [0.29, 0.717) is 11.3 Å². The normalized spacial score (nSPS) is 10.9. The summed E-state index contributed by atoms with van der Waals surface area (Å²) in [4.78, 5) is 39.0. The Bertz CT molecular complexity index is 904. The average molecular weight is 369 g/mol. The number of benzene rings is 2. The van der Waals surface area contributed by atoms with Crippen molar-refractivity contribution in [3.05, 3.63) is 81.0 Å². The first-order chi connectivity index (χ1) is 12.8. The van der Waals surface area contributed by atoms with Crippen LogP contribution in [0.3, 0.4) is 0 Å². The summed E-state index contributed by atoms with van der Waals surface area (Å²) in [5.74, 6) is -1.38. The summed E-state index contributed by atoms with van der Waals surface area (Å²) in [5, 5.41) is 13.9. The monoisotopic (exact) mass is 369 g/mol. The van der Waals surface area contributed by atoms with Gasteiger partial charge in [-0.05, 0) is 44.5 Å². The number of carbonyl (C=O) groups is 2. The van der Waals surface area contributed by atoms with E-state index in [4.69, 9.17) is 4.84 Å². The van der Waals surface area contributed by atoms with Gasteiger partial charge in [0.05, 0.1) is 4.92 Å². The molecule has 8 heteroatoms. The third kappa shape index (κ3) is 5.67. The molecule has 0 bridgehead atoms. The minimum atomic E-state index is -0.824. The van der Waals surface area contributed by atoms with E-state index in [9.17, 15) is 19.7 Å². The van der Waals surface area contributed by atoms with Crippen LogP contribution in [0.15, 0.2) is 54.2 Å². The molecule has 0 aliphatic rings. The number of allylic oxidation sites excluding steroid dienone is 1. The van der Waals surface area contributed by atoms with Gasteiger partial charge in [0.15, 0.2) is 0 Å². The maximum absolute atomic E-state index is 11.9. The van der Waals surface area contributed by atoms with Gasteiger partial charge in [0.25, 0.3) is 11.6 Å². The van der Waals surface area contributed by atoms with Gasteiger partial charge in [-0.3, -0.25) is 14.9 Å². The molecule has 2 N–H and O–H groups in total. The van der Waals surface area contributed by atoms with Crippen LogP contribution in [0.1, 0.15) is 28.4 Å². The Hall–Kier alpha value is -3.68. The molecule has 0 fully saturated rings. The van der Waals surface area contributed by atoms with Crippen molar-refractivity contribution in [1.29, 1.82) is 0 Å². The van der Waals surface area contributed by atoms with Crippen molar-refractivity contribution in [3.8, 4) is 0 Å². The number of hydrogen-bond donors (Lipinski definition) is 2. The highest BCUT2D eigenvalue weighted by molar-refractivity contribution is 5.95. The van der Waals surface area contributed by atoms with Crippen LogP contribution in [0, 0.1) is 24.0 Å². The number of hydroxylamine groups is 1. The van der Waals surface area contributed by atoms with E-state index in [0.717, 1.165) is 17.2 Å². The largest absolute Gasteiger partial charge is 0.357 e. The SMILES string of the molecule is C/C(=C/C(=O)ONC(=O)c1ccc(C)cc1)Nc1ccc(C)cc1[N+](=O)[O-]. The zero-order valence-electron chi connectivity index (χ0n) is 15.1. The highest BCUT2D eigenvalue weighted by Crippen LogP contribution is 2.26. The summed E-state index contributed by atoms with van der Waals surface area (Å²) in [7, 11) is 0. The van der Waals surface area contributed by atoms with Gasteiger partial charge in [-0.15, -0.1) is 0 Å². The fourth-order valence-corrected chi connectivity index (χ4v) is 2.21. The van der Waals surface area contributed by atoms with E-state index in [1.54, 1.807) is 50.2 Å². The molecular formula is C19H19N3O5. The number of carbonyl (C=O) groups excluding carboxylic acids is 2. The Morgan fingerprint density at radius 1 is 1.07 bits per heavy atom. The number of nitro benzene ring substituents is 1. The summed E-state index contributed by atoms with van der Waals surface area (Å²) in [6, 6.07) is 11.4. The highest BCUT2D eigenvalue weighted by atomic mass is 16.7. The lowest BCUT2D eigenvalue weighted by Gasteiger charge is -2.08. The molecule has 0 radical (unpaired) electrons. The van der Waals surface area contributed by atoms with Crippen LogP contribution in [-0.2, 0) is 9.63 Å². The molecule has 2 aromatic rings. The molecule has 140 valence electrons. The van der Waals surface area contributed by atoms with Crippen LogP contribution >= 0.6 is 0 Å². The molecule has 0 saturated heterocycles. The fourth-order valence-electron chi connectivity index (χ4n) is 2.21. The van der Waals surface area contributed by atoms with Crippen molar-refractivity contribution in [1.82, 2.24) is 5.48 Å². The molecule has 0 aliphatic carbocycles. The molecule has 0 aromatic heterocycles. The second-order valence-corrected chi connectivity index (χ2v) is 5.95. The van der Waals surface area contributed by atoms with Gasteiger partial charge in [0, 0.05) is 23.4 Å². The lowest BCUT2D eigenvalue weighted by Crippen LogP contribution is -2.26.